The molecule has 0 atom stereocenters. The molecule has 3 aromatic rings. The van der Waals surface area contributed by atoms with Crippen molar-refractivity contribution in [2.24, 2.45) is 0 Å². The van der Waals surface area contributed by atoms with Crippen molar-refractivity contribution in [1.82, 2.24) is 4.98 Å². The zero-order chi connectivity index (χ0) is 13.2. The molecule has 0 fully saturated rings. The first-order chi connectivity index (χ1) is 9.24. The second-order valence-electron chi connectivity index (χ2n) is 4.45. The lowest BCUT2D eigenvalue weighted by Crippen LogP contribution is -1.91. The van der Waals surface area contributed by atoms with Gasteiger partial charge in [0.15, 0.2) is 0 Å². The summed E-state index contributed by atoms with van der Waals surface area (Å²) in [7, 11) is 0. The molecule has 0 spiro atoms. The lowest BCUT2D eigenvalue weighted by molar-refractivity contribution is 0.475. The third-order valence-corrected chi connectivity index (χ3v) is 3.45. The third-order valence-electron chi connectivity index (χ3n) is 3.15. The van der Waals surface area contributed by atoms with E-state index in [9.17, 15) is 5.11 Å². The number of rotatable bonds is 2. The van der Waals surface area contributed by atoms with E-state index in [1.807, 2.05) is 36.5 Å². The van der Waals surface area contributed by atoms with Crippen LogP contribution >= 0.6 is 11.6 Å². The number of pyridine rings is 1. The lowest BCUT2D eigenvalue weighted by atomic mass is 10.0. The molecule has 19 heavy (non-hydrogen) atoms. The number of hydrogen-bond acceptors (Lipinski definition) is 2. The largest absolute Gasteiger partial charge is 0.506 e. The number of aromatic hydroxyl groups is 1. The molecule has 0 aliphatic rings. The molecule has 3 rings (SSSR count). The average molecular weight is 270 g/mol. The van der Waals surface area contributed by atoms with Gasteiger partial charge in [0, 0.05) is 11.6 Å². The first-order valence-corrected chi connectivity index (χ1v) is 6.42. The van der Waals surface area contributed by atoms with E-state index in [0.717, 1.165) is 22.9 Å². The highest BCUT2D eigenvalue weighted by Crippen LogP contribution is 2.26. The summed E-state index contributed by atoms with van der Waals surface area (Å²) in [5.41, 5.74) is 3.26. The van der Waals surface area contributed by atoms with Crippen molar-refractivity contribution < 1.29 is 5.11 Å². The fraction of sp³-hybridized carbons (Fsp3) is 0.0625. The van der Waals surface area contributed by atoms with Crippen LogP contribution in [0.3, 0.4) is 0 Å². The lowest BCUT2D eigenvalue weighted by Gasteiger charge is -2.07. The molecule has 94 valence electrons. The molecule has 1 heterocycles. The quantitative estimate of drug-likeness (QED) is 0.757. The molecule has 1 N–H and O–H groups in total. The zero-order valence-corrected chi connectivity index (χ0v) is 10.9. The minimum Gasteiger partial charge on any atom is -0.506 e. The van der Waals surface area contributed by atoms with Crippen molar-refractivity contribution in [2.45, 2.75) is 6.42 Å². The molecule has 3 heteroatoms. The Morgan fingerprint density at radius 3 is 2.74 bits per heavy atom. The van der Waals surface area contributed by atoms with Gasteiger partial charge in [-0.15, -0.1) is 0 Å². The first-order valence-electron chi connectivity index (χ1n) is 6.04. The second kappa shape index (κ2) is 4.90. The fourth-order valence-corrected chi connectivity index (χ4v) is 2.39. The molecule has 0 bridgehead atoms. The average Bonchev–Trinajstić information content (AvgIpc) is 2.43. The van der Waals surface area contributed by atoms with Crippen molar-refractivity contribution in [3.63, 3.8) is 0 Å². The van der Waals surface area contributed by atoms with Crippen LogP contribution < -0.4 is 0 Å². The molecule has 0 unspecified atom stereocenters. The van der Waals surface area contributed by atoms with Gasteiger partial charge in [-0.2, -0.15) is 0 Å². The van der Waals surface area contributed by atoms with Gasteiger partial charge in [0.1, 0.15) is 5.75 Å². The molecular weight excluding hydrogens is 258 g/mol. The van der Waals surface area contributed by atoms with Crippen LogP contribution in [0.5, 0.6) is 5.75 Å². The van der Waals surface area contributed by atoms with E-state index < -0.39 is 0 Å². The predicted octanol–water partition coefficient (Wildman–Crippen LogP) is 4.18. The van der Waals surface area contributed by atoms with E-state index in [1.165, 1.54) is 5.56 Å². The molecule has 0 saturated carbocycles. The Hall–Kier alpha value is -2.06. The normalized spacial score (nSPS) is 10.8. The SMILES string of the molecule is Oc1ccc(Cc2ccnc3ccccc23)cc1Cl. The van der Waals surface area contributed by atoms with E-state index in [4.69, 9.17) is 11.6 Å². The molecule has 0 saturated heterocycles. The Kier molecular flexibility index (Phi) is 3.10. The summed E-state index contributed by atoms with van der Waals surface area (Å²) in [5.74, 6) is 0.116. The molecule has 2 nitrogen and oxygen atoms in total. The van der Waals surface area contributed by atoms with Gasteiger partial charge in [0.2, 0.25) is 0 Å². The van der Waals surface area contributed by atoms with Crippen LogP contribution in [0.15, 0.2) is 54.7 Å². The van der Waals surface area contributed by atoms with Gasteiger partial charge in [0.05, 0.1) is 10.5 Å². The van der Waals surface area contributed by atoms with Crippen LogP contribution in [0.4, 0.5) is 0 Å². The monoisotopic (exact) mass is 269 g/mol. The van der Waals surface area contributed by atoms with E-state index >= 15 is 0 Å². The van der Waals surface area contributed by atoms with Gasteiger partial charge in [-0.3, -0.25) is 4.98 Å². The Morgan fingerprint density at radius 1 is 1.05 bits per heavy atom. The number of phenols is 1. The van der Waals surface area contributed by atoms with Crippen LogP contribution in [0.25, 0.3) is 10.9 Å². The van der Waals surface area contributed by atoms with Crippen LogP contribution in [-0.4, -0.2) is 10.1 Å². The van der Waals surface area contributed by atoms with Gasteiger partial charge in [0.25, 0.3) is 0 Å². The number of benzene rings is 2. The Labute approximate surface area is 116 Å². The van der Waals surface area contributed by atoms with Crippen LogP contribution in [-0.2, 0) is 6.42 Å². The Bertz CT molecular complexity index is 734. The summed E-state index contributed by atoms with van der Waals surface area (Å²) >= 11 is 5.94. The maximum atomic E-state index is 9.44. The number of fused-ring (bicyclic) bond motifs is 1. The highest BCUT2D eigenvalue weighted by Gasteiger charge is 2.05. The summed E-state index contributed by atoms with van der Waals surface area (Å²) in [6, 6.07) is 15.4. The van der Waals surface area contributed by atoms with Crippen molar-refractivity contribution in [1.29, 1.82) is 0 Å². The molecular formula is C16H12ClNO. The van der Waals surface area contributed by atoms with Crippen molar-refractivity contribution >= 4 is 22.5 Å². The van der Waals surface area contributed by atoms with Gasteiger partial charge < -0.3 is 5.11 Å². The highest BCUT2D eigenvalue weighted by atomic mass is 35.5. The maximum absolute atomic E-state index is 9.44. The van der Waals surface area contributed by atoms with E-state index in [0.29, 0.717) is 5.02 Å². The summed E-state index contributed by atoms with van der Waals surface area (Å²) in [4.78, 5) is 4.35. The molecule has 0 aliphatic carbocycles. The topological polar surface area (TPSA) is 33.1 Å². The minimum absolute atomic E-state index is 0.116. The molecule has 0 radical (unpaired) electrons. The van der Waals surface area contributed by atoms with Crippen LogP contribution in [0.1, 0.15) is 11.1 Å². The Balaban J connectivity index is 2.03. The van der Waals surface area contributed by atoms with Crippen molar-refractivity contribution in [2.75, 3.05) is 0 Å². The van der Waals surface area contributed by atoms with Gasteiger partial charge >= 0.3 is 0 Å². The summed E-state index contributed by atoms with van der Waals surface area (Å²) in [6.07, 6.45) is 2.59. The number of aromatic nitrogens is 1. The number of para-hydroxylation sites is 1. The number of hydrogen-bond donors (Lipinski definition) is 1. The molecule has 1 aromatic heterocycles. The second-order valence-corrected chi connectivity index (χ2v) is 4.86. The van der Waals surface area contributed by atoms with E-state index in [2.05, 4.69) is 11.1 Å². The summed E-state index contributed by atoms with van der Waals surface area (Å²) in [6.45, 7) is 0. The molecule has 0 aliphatic heterocycles. The molecule has 2 aromatic carbocycles. The van der Waals surface area contributed by atoms with Gasteiger partial charge in [-0.25, -0.2) is 0 Å². The van der Waals surface area contributed by atoms with Crippen LogP contribution in [0, 0.1) is 0 Å². The third kappa shape index (κ3) is 2.40. The number of halogens is 1. The molecule has 0 amide bonds. The summed E-state index contributed by atoms with van der Waals surface area (Å²) < 4.78 is 0. The van der Waals surface area contributed by atoms with Gasteiger partial charge in [-0.1, -0.05) is 35.9 Å². The standard InChI is InChI=1S/C16H12ClNO/c17-14-10-11(5-6-16(14)19)9-12-7-8-18-15-4-2-1-3-13(12)15/h1-8,10,19H,9H2. The minimum atomic E-state index is 0.116. The highest BCUT2D eigenvalue weighted by molar-refractivity contribution is 6.32. The van der Waals surface area contributed by atoms with E-state index in [-0.39, 0.29) is 5.75 Å². The summed E-state index contributed by atoms with van der Waals surface area (Å²) in [5, 5.41) is 11.0. The first kappa shape index (κ1) is 12.0. The predicted molar refractivity (Wildman–Crippen MR) is 77.7 cm³/mol. The number of phenolic OH excluding ortho intramolecular Hbond substituents is 1. The van der Waals surface area contributed by atoms with Gasteiger partial charge in [-0.05, 0) is 41.8 Å². The fourth-order valence-electron chi connectivity index (χ4n) is 2.19. The Morgan fingerprint density at radius 2 is 1.89 bits per heavy atom. The van der Waals surface area contributed by atoms with Crippen molar-refractivity contribution in [3.8, 4) is 5.75 Å². The van der Waals surface area contributed by atoms with Crippen LogP contribution in [0.2, 0.25) is 5.02 Å². The number of nitrogens with zero attached hydrogens (tertiary/aromatic N) is 1. The van der Waals surface area contributed by atoms with Crippen molar-refractivity contribution in [3.05, 3.63) is 70.9 Å². The maximum Gasteiger partial charge on any atom is 0.134 e. The zero-order valence-electron chi connectivity index (χ0n) is 10.2. The smallest absolute Gasteiger partial charge is 0.134 e. The van der Waals surface area contributed by atoms with E-state index in [1.54, 1.807) is 12.1 Å².